The van der Waals surface area contributed by atoms with Crippen molar-refractivity contribution in [1.29, 1.82) is 0 Å². The molecule has 1 aliphatic rings. The third-order valence-corrected chi connectivity index (χ3v) is 3.74. The molecule has 0 saturated carbocycles. The Balaban J connectivity index is 2.09. The Hall–Kier alpha value is -1.42. The maximum atomic E-state index is 12.3. The van der Waals surface area contributed by atoms with Crippen LogP contribution in [0.15, 0.2) is 24.3 Å². The highest BCUT2D eigenvalue weighted by atomic mass is 32.1. The number of carbonyl (C=O) groups excluding carboxylic acids is 1. The lowest BCUT2D eigenvalue weighted by Gasteiger charge is -2.32. The number of nitrogens with two attached hydrogens (primary N) is 1. The van der Waals surface area contributed by atoms with Gasteiger partial charge in [-0.1, -0.05) is 29.9 Å². The first-order valence-corrected chi connectivity index (χ1v) is 6.64. The lowest BCUT2D eigenvalue weighted by molar-refractivity contribution is 0.0703. The number of rotatable bonds is 2. The minimum Gasteiger partial charge on any atom is -0.393 e. The molecule has 96 valence electrons. The largest absolute Gasteiger partial charge is 0.393 e. The first kappa shape index (κ1) is 13.0. The Labute approximate surface area is 113 Å². The van der Waals surface area contributed by atoms with Gasteiger partial charge in [0.1, 0.15) is 0 Å². The molecular formula is C14H18N2OS. The van der Waals surface area contributed by atoms with Gasteiger partial charge in [0, 0.05) is 24.6 Å². The van der Waals surface area contributed by atoms with E-state index in [4.69, 9.17) is 18.0 Å². The van der Waals surface area contributed by atoms with E-state index < -0.39 is 0 Å². The third kappa shape index (κ3) is 2.88. The number of likely N-dealkylation sites (tertiary alicyclic amines) is 1. The highest BCUT2D eigenvalue weighted by Gasteiger charge is 2.25. The summed E-state index contributed by atoms with van der Waals surface area (Å²) < 4.78 is 0. The lowest BCUT2D eigenvalue weighted by Crippen LogP contribution is -2.43. The topological polar surface area (TPSA) is 46.3 Å². The van der Waals surface area contributed by atoms with E-state index in [1.807, 2.05) is 36.1 Å². The second-order valence-corrected chi connectivity index (χ2v) is 5.33. The standard InChI is InChI=1S/C14H18N2OS/c1-10-4-6-11(7-5-10)14(17)16-8-2-3-12(9-16)13(15)18/h4-7,12H,2-3,8-9H2,1H3,(H2,15,18). The van der Waals surface area contributed by atoms with Crippen LogP contribution in [-0.2, 0) is 0 Å². The molecule has 0 radical (unpaired) electrons. The van der Waals surface area contributed by atoms with Gasteiger partial charge in [-0.05, 0) is 31.9 Å². The summed E-state index contributed by atoms with van der Waals surface area (Å²) in [4.78, 5) is 14.7. The number of thiocarbonyl (C=S) groups is 1. The van der Waals surface area contributed by atoms with Gasteiger partial charge < -0.3 is 10.6 Å². The average Bonchev–Trinajstić information content (AvgIpc) is 2.39. The van der Waals surface area contributed by atoms with Gasteiger partial charge in [-0.2, -0.15) is 0 Å². The molecule has 0 aromatic heterocycles. The predicted molar refractivity (Wildman–Crippen MR) is 76.6 cm³/mol. The van der Waals surface area contributed by atoms with E-state index in [1.54, 1.807) is 0 Å². The van der Waals surface area contributed by atoms with Crippen LogP contribution in [0.25, 0.3) is 0 Å². The number of benzene rings is 1. The molecule has 1 saturated heterocycles. The molecule has 1 heterocycles. The average molecular weight is 262 g/mol. The van der Waals surface area contributed by atoms with E-state index in [0.717, 1.165) is 30.5 Å². The van der Waals surface area contributed by atoms with Gasteiger partial charge in [0.05, 0.1) is 4.99 Å². The van der Waals surface area contributed by atoms with Crippen LogP contribution in [0.1, 0.15) is 28.8 Å². The van der Waals surface area contributed by atoms with Crippen molar-refractivity contribution >= 4 is 23.1 Å². The molecule has 2 N–H and O–H groups in total. The highest BCUT2D eigenvalue weighted by Crippen LogP contribution is 2.19. The quantitative estimate of drug-likeness (QED) is 0.831. The lowest BCUT2D eigenvalue weighted by atomic mass is 9.97. The van der Waals surface area contributed by atoms with E-state index >= 15 is 0 Å². The van der Waals surface area contributed by atoms with Gasteiger partial charge in [-0.3, -0.25) is 4.79 Å². The molecule has 0 spiro atoms. The molecule has 1 atom stereocenters. The Bertz CT molecular complexity index is 455. The SMILES string of the molecule is Cc1ccc(C(=O)N2CCCC(C(N)=S)C2)cc1. The van der Waals surface area contributed by atoms with Gasteiger partial charge in [0.2, 0.25) is 0 Å². The van der Waals surface area contributed by atoms with E-state index in [1.165, 1.54) is 0 Å². The Kier molecular flexibility index (Phi) is 3.97. The van der Waals surface area contributed by atoms with Gasteiger partial charge in [0.15, 0.2) is 0 Å². The third-order valence-electron chi connectivity index (χ3n) is 3.41. The molecule has 18 heavy (non-hydrogen) atoms. The Morgan fingerprint density at radius 2 is 2.06 bits per heavy atom. The first-order valence-electron chi connectivity index (χ1n) is 6.23. The fourth-order valence-electron chi connectivity index (χ4n) is 2.27. The van der Waals surface area contributed by atoms with Gasteiger partial charge in [-0.25, -0.2) is 0 Å². The van der Waals surface area contributed by atoms with Crippen molar-refractivity contribution in [3.05, 3.63) is 35.4 Å². The molecule has 0 bridgehead atoms. The van der Waals surface area contributed by atoms with Crippen LogP contribution in [0, 0.1) is 12.8 Å². The minimum atomic E-state index is 0.0796. The second kappa shape index (κ2) is 5.48. The second-order valence-electron chi connectivity index (χ2n) is 4.86. The molecule has 3 nitrogen and oxygen atoms in total. The summed E-state index contributed by atoms with van der Waals surface area (Å²) in [6.07, 6.45) is 1.96. The molecule has 0 aliphatic carbocycles. The summed E-state index contributed by atoms with van der Waals surface area (Å²) in [5.74, 6) is 0.249. The summed E-state index contributed by atoms with van der Waals surface area (Å²) in [6.45, 7) is 3.46. The van der Waals surface area contributed by atoms with Crippen molar-refractivity contribution in [3.8, 4) is 0 Å². The normalized spacial score (nSPS) is 19.6. The molecule has 4 heteroatoms. The van der Waals surface area contributed by atoms with Crippen molar-refractivity contribution in [3.63, 3.8) is 0 Å². The summed E-state index contributed by atoms with van der Waals surface area (Å²) >= 11 is 5.03. The monoisotopic (exact) mass is 262 g/mol. The fraction of sp³-hybridized carbons (Fsp3) is 0.429. The molecule has 2 rings (SSSR count). The van der Waals surface area contributed by atoms with Gasteiger partial charge in [-0.15, -0.1) is 0 Å². The Morgan fingerprint density at radius 1 is 1.39 bits per heavy atom. The summed E-state index contributed by atoms with van der Waals surface area (Å²) in [5, 5.41) is 0. The minimum absolute atomic E-state index is 0.0796. The smallest absolute Gasteiger partial charge is 0.253 e. The zero-order valence-electron chi connectivity index (χ0n) is 10.6. The maximum absolute atomic E-state index is 12.3. The number of nitrogens with zero attached hydrogens (tertiary/aromatic N) is 1. The maximum Gasteiger partial charge on any atom is 0.253 e. The van der Waals surface area contributed by atoms with Crippen molar-refractivity contribution in [2.45, 2.75) is 19.8 Å². The van der Waals surface area contributed by atoms with E-state index in [9.17, 15) is 4.79 Å². The first-order chi connectivity index (χ1) is 8.58. The highest BCUT2D eigenvalue weighted by molar-refractivity contribution is 7.80. The molecule has 1 fully saturated rings. The Morgan fingerprint density at radius 3 is 2.67 bits per heavy atom. The molecular weight excluding hydrogens is 244 g/mol. The van der Waals surface area contributed by atoms with Crippen molar-refractivity contribution < 1.29 is 4.79 Å². The number of amides is 1. The van der Waals surface area contributed by atoms with E-state index in [2.05, 4.69) is 0 Å². The molecule has 1 aromatic rings. The number of aryl methyl sites for hydroxylation is 1. The number of piperidine rings is 1. The zero-order chi connectivity index (χ0) is 13.1. The predicted octanol–water partition coefficient (Wildman–Crippen LogP) is 2.13. The van der Waals surface area contributed by atoms with Crippen LogP contribution in [0.3, 0.4) is 0 Å². The van der Waals surface area contributed by atoms with Crippen LogP contribution >= 0.6 is 12.2 Å². The molecule has 1 aromatic carbocycles. The van der Waals surface area contributed by atoms with Crippen LogP contribution in [-0.4, -0.2) is 28.9 Å². The molecule has 1 amide bonds. The van der Waals surface area contributed by atoms with Crippen molar-refractivity contribution in [2.24, 2.45) is 11.7 Å². The zero-order valence-corrected chi connectivity index (χ0v) is 11.4. The number of hydrogen-bond acceptors (Lipinski definition) is 2. The van der Waals surface area contributed by atoms with Crippen LogP contribution in [0.4, 0.5) is 0 Å². The molecule has 1 unspecified atom stereocenters. The van der Waals surface area contributed by atoms with Crippen LogP contribution < -0.4 is 5.73 Å². The summed E-state index contributed by atoms with van der Waals surface area (Å²) in [6, 6.07) is 7.68. The van der Waals surface area contributed by atoms with Gasteiger partial charge in [0.25, 0.3) is 5.91 Å². The number of carbonyl (C=O) groups is 1. The summed E-state index contributed by atoms with van der Waals surface area (Å²) in [7, 11) is 0. The van der Waals surface area contributed by atoms with Crippen molar-refractivity contribution in [2.75, 3.05) is 13.1 Å². The van der Waals surface area contributed by atoms with Crippen LogP contribution in [0.5, 0.6) is 0 Å². The summed E-state index contributed by atoms with van der Waals surface area (Å²) in [5.41, 5.74) is 7.58. The van der Waals surface area contributed by atoms with E-state index in [0.29, 0.717) is 11.5 Å². The number of hydrogen-bond donors (Lipinski definition) is 1. The van der Waals surface area contributed by atoms with Crippen LogP contribution in [0.2, 0.25) is 0 Å². The fourth-order valence-corrected chi connectivity index (χ4v) is 2.46. The molecule has 1 aliphatic heterocycles. The van der Waals surface area contributed by atoms with Gasteiger partial charge >= 0.3 is 0 Å². The van der Waals surface area contributed by atoms with Crippen molar-refractivity contribution in [1.82, 2.24) is 4.90 Å². The van der Waals surface area contributed by atoms with E-state index in [-0.39, 0.29) is 11.8 Å².